The molecule has 0 spiro atoms. The zero-order valence-corrected chi connectivity index (χ0v) is 15.0. The Morgan fingerprint density at radius 2 is 1.89 bits per heavy atom. The van der Waals surface area contributed by atoms with Crippen molar-refractivity contribution in [2.45, 2.75) is 12.7 Å². The molecule has 1 heterocycles. The lowest BCUT2D eigenvalue weighted by Gasteiger charge is -2.11. The lowest BCUT2D eigenvalue weighted by molar-refractivity contribution is -0.117. The highest BCUT2D eigenvalue weighted by molar-refractivity contribution is 6.30. The smallest absolute Gasteiger partial charge is 0.343 e. The van der Waals surface area contributed by atoms with Crippen LogP contribution in [-0.2, 0) is 11.3 Å². The number of alkyl halides is 3. The van der Waals surface area contributed by atoms with E-state index in [0.717, 1.165) is 0 Å². The van der Waals surface area contributed by atoms with Gasteiger partial charge in [0.05, 0.1) is 12.1 Å². The van der Waals surface area contributed by atoms with E-state index in [1.807, 2.05) is 0 Å². The Labute approximate surface area is 162 Å². The molecule has 0 aliphatic rings. The summed E-state index contributed by atoms with van der Waals surface area (Å²) in [5.41, 5.74) is -0.543. The number of amides is 1. The molecule has 0 saturated carbocycles. The van der Waals surface area contributed by atoms with Gasteiger partial charge in [-0.3, -0.25) is 4.79 Å². The van der Waals surface area contributed by atoms with Crippen LogP contribution in [0, 0.1) is 0 Å². The molecule has 0 atom stereocenters. The molecule has 9 heteroatoms. The molecule has 0 bridgehead atoms. The summed E-state index contributed by atoms with van der Waals surface area (Å²) < 4.78 is 44.8. The van der Waals surface area contributed by atoms with E-state index in [1.165, 1.54) is 24.3 Å². The van der Waals surface area contributed by atoms with E-state index in [4.69, 9.17) is 16.1 Å². The first-order valence-electron chi connectivity index (χ1n) is 8.03. The van der Waals surface area contributed by atoms with Gasteiger partial charge in [0.2, 0.25) is 17.6 Å². The number of aromatic nitrogens is 2. The summed E-state index contributed by atoms with van der Waals surface area (Å²) in [5.74, 6) is -0.633. The van der Waals surface area contributed by atoms with Gasteiger partial charge in [-0.2, -0.15) is 18.2 Å². The number of benzene rings is 2. The standard InChI is InChI=1S/C19H13ClF3N3O2/c20-14-8-4-7-13(9-14)18-25-17(28-26-18)11-24-16(27)10-15(19(21,22)23)12-5-2-1-3-6-12/h1-10H,11H2,(H,24,27)/b15-10+. The van der Waals surface area contributed by atoms with Gasteiger partial charge in [0.1, 0.15) is 0 Å². The van der Waals surface area contributed by atoms with Gasteiger partial charge in [-0.1, -0.05) is 59.2 Å². The van der Waals surface area contributed by atoms with E-state index in [-0.39, 0.29) is 23.8 Å². The van der Waals surface area contributed by atoms with E-state index in [9.17, 15) is 18.0 Å². The van der Waals surface area contributed by atoms with Crippen molar-refractivity contribution >= 4 is 23.1 Å². The maximum absolute atomic E-state index is 13.3. The fraction of sp³-hybridized carbons (Fsp3) is 0.105. The Balaban J connectivity index is 1.70. The van der Waals surface area contributed by atoms with Crippen LogP contribution in [0.1, 0.15) is 11.5 Å². The van der Waals surface area contributed by atoms with Gasteiger partial charge < -0.3 is 9.84 Å². The van der Waals surface area contributed by atoms with Crippen molar-refractivity contribution < 1.29 is 22.5 Å². The zero-order valence-electron chi connectivity index (χ0n) is 14.2. The maximum atomic E-state index is 13.3. The average molecular weight is 408 g/mol. The number of rotatable bonds is 5. The van der Waals surface area contributed by atoms with Crippen LogP contribution in [0.25, 0.3) is 17.0 Å². The molecule has 2 aromatic carbocycles. The third-order valence-electron chi connectivity index (χ3n) is 3.63. The summed E-state index contributed by atoms with van der Waals surface area (Å²) >= 11 is 5.90. The highest BCUT2D eigenvalue weighted by atomic mass is 35.5. The molecule has 3 rings (SSSR count). The summed E-state index contributed by atoms with van der Waals surface area (Å²) in [6.07, 6.45) is -4.17. The van der Waals surface area contributed by atoms with E-state index >= 15 is 0 Å². The summed E-state index contributed by atoms with van der Waals surface area (Å²) in [6, 6.07) is 13.8. The molecule has 0 radical (unpaired) electrons. The topological polar surface area (TPSA) is 68.0 Å². The number of allylic oxidation sites excluding steroid dienone is 1. The third kappa shape index (κ3) is 4.98. The first kappa shape index (κ1) is 19.6. The Morgan fingerprint density at radius 1 is 1.14 bits per heavy atom. The largest absolute Gasteiger partial charge is 0.417 e. The molecule has 1 aromatic heterocycles. The monoisotopic (exact) mass is 407 g/mol. The predicted octanol–water partition coefficient (Wildman–Crippen LogP) is 4.65. The average Bonchev–Trinajstić information content (AvgIpc) is 3.13. The molecule has 0 unspecified atom stereocenters. The minimum atomic E-state index is -4.68. The minimum Gasteiger partial charge on any atom is -0.343 e. The van der Waals surface area contributed by atoms with Crippen LogP contribution < -0.4 is 5.32 Å². The summed E-state index contributed by atoms with van der Waals surface area (Å²) in [7, 11) is 0. The Kier molecular flexibility index (Phi) is 5.79. The Bertz CT molecular complexity index is 1000. The van der Waals surface area contributed by atoms with Crippen LogP contribution in [0.4, 0.5) is 13.2 Å². The van der Waals surface area contributed by atoms with Crippen molar-refractivity contribution in [2.75, 3.05) is 0 Å². The second kappa shape index (κ2) is 8.26. The van der Waals surface area contributed by atoms with Gasteiger partial charge in [-0.15, -0.1) is 0 Å². The second-order valence-electron chi connectivity index (χ2n) is 5.66. The van der Waals surface area contributed by atoms with Crippen LogP contribution in [0.2, 0.25) is 5.02 Å². The van der Waals surface area contributed by atoms with Crippen molar-refractivity contribution in [2.24, 2.45) is 0 Å². The molecule has 28 heavy (non-hydrogen) atoms. The highest BCUT2D eigenvalue weighted by Crippen LogP contribution is 2.33. The lowest BCUT2D eigenvalue weighted by atomic mass is 10.1. The van der Waals surface area contributed by atoms with Crippen molar-refractivity contribution in [1.29, 1.82) is 0 Å². The first-order chi connectivity index (χ1) is 13.3. The van der Waals surface area contributed by atoms with Gasteiger partial charge in [-0.25, -0.2) is 0 Å². The molecule has 0 saturated heterocycles. The van der Waals surface area contributed by atoms with E-state index in [1.54, 1.807) is 30.3 Å². The molecule has 5 nitrogen and oxygen atoms in total. The Morgan fingerprint density at radius 3 is 2.57 bits per heavy atom. The van der Waals surface area contributed by atoms with E-state index in [0.29, 0.717) is 16.7 Å². The van der Waals surface area contributed by atoms with Gasteiger partial charge >= 0.3 is 6.18 Å². The van der Waals surface area contributed by atoms with Gasteiger partial charge in [0, 0.05) is 16.7 Å². The molecule has 0 aliphatic carbocycles. The maximum Gasteiger partial charge on any atom is 0.417 e. The molecule has 0 fully saturated rings. The highest BCUT2D eigenvalue weighted by Gasteiger charge is 2.35. The predicted molar refractivity (Wildman–Crippen MR) is 97.1 cm³/mol. The first-order valence-corrected chi connectivity index (χ1v) is 8.41. The minimum absolute atomic E-state index is 0.0463. The normalized spacial score (nSPS) is 12.1. The molecule has 1 N–H and O–H groups in total. The summed E-state index contributed by atoms with van der Waals surface area (Å²) in [6.45, 7) is -0.219. The number of nitrogens with zero attached hydrogens (tertiary/aromatic N) is 2. The van der Waals surface area contributed by atoms with Crippen LogP contribution in [0.15, 0.2) is 65.2 Å². The van der Waals surface area contributed by atoms with Crippen molar-refractivity contribution in [3.8, 4) is 11.4 Å². The van der Waals surface area contributed by atoms with E-state index < -0.39 is 17.7 Å². The zero-order chi connectivity index (χ0) is 20.1. The molecular formula is C19H13ClF3N3O2. The number of hydrogen-bond donors (Lipinski definition) is 1. The SMILES string of the molecule is O=C(/C=C(\c1ccccc1)C(F)(F)F)NCc1nc(-c2cccc(Cl)c2)no1. The third-order valence-corrected chi connectivity index (χ3v) is 3.87. The fourth-order valence-electron chi connectivity index (χ4n) is 2.36. The second-order valence-corrected chi connectivity index (χ2v) is 6.10. The van der Waals surface area contributed by atoms with Crippen molar-refractivity contribution in [3.05, 3.63) is 77.2 Å². The number of nitrogens with one attached hydrogen (secondary N) is 1. The number of halogens is 4. The van der Waals surface area contributed by atoms with Crippen LogP contribution in [-0.4, -0.2) is 22.2 Å². The summed E-state index contributed by atoms with van der Waals surface area (Å²) in [4.78, 5) is 16.1. The van der Waals surface area contributed by atoms with Crippen LogP contribution in [0.3, 0.4) is 0 Å². The Hall–Kier alpha value is -3.13. The number of carbonyl (C=O) groups excluding carboxylic acids is 1. The van der Waals surface area contributed by atoms with Crippen LogP contribution in [0.5, 0.6) is 0 Å². The molecular weight excluding hydrogens is 395 g/mol. The van der Waals surface area contributed by atoms with Gasteiger partial charge in [0.25, 0.3) is 0 Å². The fourth-order valence-corrected chi connectivity index (χ4v) is 2.55. The lowest BCUT2D eigenvalue weighted by Crippen LogP contribution is -2.23. The molecule has 1 amide bonds. The van der Waals surface area contributed by atoms with Gasteiger partial charge in [-0.05, 0) is 17.7 Å². The molecule has 0 aliphatic heterocycles. The number of carbonyl (C=O) groups is 1. The van der Waals surface area contributed by atoms with Gasteiger partial charge in [0.15, 0.2) is 0 Å². The van der Waals surface area contributed by atoms with Crippen LogP contribution >= 0.6 is 11.6 Å². The number of hydrogen-bond acceptors (Lipinski definition) is 4. The quantitative estimate of drug-likeness (QED) is 0.625. The molecule has 3 aromatic rings. The molecule has 144 valence electrons. The summed E-state index contributed by atoms with van der Waals surface area (Å²) in [5, 5.41) is 6.56. The van der Waals surface area contributed by atoms with Crippen molar-refractivity contribution in [1.82, 2.24) is 15.5 Å². The van der Waals surface area contributed by atoms with E-state index in [2.05, 4.69) is 15.5 Å². The van der Waals surface area contributed by atoms with Crippen molar-refractivity contribution in [3.63, 3.8) is 0 Å².